The number of benzene rings is 1. The molecule has 1 saturated heterocycles. The molecule has 0 aromatic heterocycles. The molecule has 26 heavy (non-hydrogen) atoms. The van der Waals surface area contributed by atoms with Gasteiger partial charge in [0.25, 0.3) is 0 Å². The first-order chi connectivity index (χ1) is 12.4. The number of nitrogens with one attached hydrogen (secondary N) is 2. The predicted molar refractivity (Wildman–Crippen MR) is 98.7 cm³/mol. The lowest BCUT2D eigenvalue weighted by molar-refractivity contribution is 0.104. The van der Waals surface area contributed by atoms with Gasteiger partial charge in [0.15, 0.2) is 0 Å². The van der Waals surface area contributed by atoms with Gasteiger partial charge in [-0.25, -0.2) is 9.59 Å². The number of ether oxygens (including phenoxy) is 2. The van der Waals surface area contributed by atoms with E-state index in [1.165, 1.54) is 0 Å². The van der Waals surface area contributed by atoms with Crippen LogP contribution in [0.4, 0.5) is 9.59 Å². The Balaban J connectivity index is 0.000000314. The van der Waals surface area contributed by atoms with E-state index in [9.17, 15) is 14.7 Å². The second-order valence-electron chi connectivity index (χ2n) is 6.26. The summed E-state index contributed by atoms with van der Waals surface area (Å²) in [5.74, 6) is 0. The minimum atomic E-state index is -0.542. The van der Waals surface area contributed by atoms with Gasteiger partial charge in [0, 0.05) is 0 Å². The predicted octanol–water partition coefficient (Wildman–Crippen LogP) is 2.97. The monoisotopic (exact) mass is 366 g/mol. The molecule has 3 N–H and O–H groups in total. The van der Waals surface area contributed by atoms with E-state index >= 15 is 0 Å². The summed E-state index contributed by atoms with van der Waals surface area (Å²) < 4.78 is 9.90. The van der Waals surface area contributed by atoms with Gasteiger partial charge >= 0.3 is 12.2 Å². The van der Waals surface area contributed by atoms with Crippen LogP contribution < -0.4 is 10.6 Å². The van der Waals surface area contributed by atoms with E-state index < -0.39 is 12.2 Å². The maximum absolute atomic E-state index is 11.4. The Morgan fingerprint density at radius 2 is 2.00 bits per heavy atom. The van der Waals surface area contributed by atoms with Gasteiger partial charge in [-0.2, -0.15) is 0 Å². The van der Waals surface area contributed by atoms with E-state index in [4.69, 9.17) is 9.47 Å². The summed E-state index contributed by atoms with van der Waals surface area (Å²) in [7, 11) is 0. The first-order valence-electron chi connectivity index (χ1n) is 8.99. The maximum Gasteiger partial charge on any atom is 0.407 e. The second-order valence-corrected chi connectivity index (χ2v) is 6.26. The number of cyclic esters (lactones) is 1. The summed E-state index contributed by atoms with van der Waals surface area (Å²) in [6.07, 6.45) is 0.236. The van der Waals surface area contributed by atoms with Crippen molar-refractivity contribution in [3.05, 3.63) is 35.9 Å². The molecule has 1 fully saturated rings. The highest BCUT2D eigenvalue weighted by Gasteiger charge is 2.28. The standard InChI is InChI=1S/C13H19NO3.C6H11NO2/c1-3-12(15)10(2)14-13(16)17-9-11-7-5-4-6-8-11;1-3-5-4(2)7-6(8)9-5/h4-8,10,12,15H,3,9H2,1-2H3,(H,14,16);4-5H,3H2,1-2H3,(H,7,8)/t10-,12+;4-,5-/m00/s1. The van der Waals surface area contributed by atoms with Gasteiger partial charge in [-0.15, -0.1) is 0 Å². The van der Waals surface area contributed by atoms with Crippen molar-refractivity contribution in [2.75, 3.05) is 0 Å². The topological polar surface area (TPSA) is 96.9 Å². The molecule has 146 valence electrons. The summed E-state index contributed by atoms with van der Waals surface area (Å²) in [5.41, 5.74) is 0.936. The molecule has 0 unspecified atom stereocenters. The average molecular weight is 366 g/mol. The molecule has 4 atom stereocenters. The number of hydrogen-bond donors (Lipinski definition) is 3. The van der Waals surface area contributed by atoms with E-state index in [0.29, 0.717) is 6.42 Å². The number of carbonyl (C=O) groups excluding carboxylic acids is 2. The average Bonchev–Trinajstić information content (AvgIpc) is 2.98. The zero-order valence-corrected chi connectivity index (χ0v) is 15.9. The van der Waals surface area contributed by atoms with Crippen molar-refractivity contribution in [3.63, 3.8) is 0 Å². The molecule has 0 saturated carbocycles. The van der Waals surface area contributed by atoms with Gasteiger partial charge in [-0.3, -0.25) is 0 Å². The SMILES string of the molecule is CC[C@@H](O)[C@H](C)NC(=O)OCc1ccccc1.CC[C@@H]1OC(=O)N[C@H]1C. The highest BCUT2D eigenvalue weighted by molar-refractivity contribution is 5.70. The minimum Gasteiger partial charge on any atom is -0.445 e. The molecule has 0 spiro atoms. The first-order valence-corrected chi connectivity index (χ1v) is 8.99. The third-order valence-corrected chi connectivity index (χ3v) is 4.12. The van der Waals surface area contributed by atoms with Crippen molar-refractivity contribution in [1.29, 1.82) is 0 Å². The third-order valence-electron chi connectivity index (χ3n) is 4.12. The van der Waals surface area contributed by atoms with Crippen LogP contribution in [-0.4, -0.2) is 41.6 Å². The van der Waals surface area contributed by atoms with Gasteiger partial charge in [0.2, 0.25) is 0 Å². The van der Waals surface area contributed by atoms with Crippen molar-refractivity contribution in [2.45, 2.75) is 71.4 Å². The molecular weight excluding hydrogens is 336 g/mol. The zero-order valence-electron chi connectivity index (χ0n) is 15.9. The van der Waals surface area contributed by atoms with Crippen LogP contribution in [0.3, 0.4) is 0 Å². The number of aliphatic hydroxyl groups is 1. The van der Waals surface area contributed by atoms with E-state index in [0.717, 1.165) is 12.0 Å². The summed E-state index contributed by atoms with van der Waals surface area (Å²) in [5, 5.41) is 14.7. The molecule has 1 aliphatic heterocycles. The summed E-state index contributed by atoms with van der Waals surface area (Å²) in [6, 6.07) is 9.34. The van der Waals surface area contributed by atoms with Crippen molar-refractivity contribution in [1.82, 2.24) is 10.6 Å². The van der Waals surface area contributed by atoms with Crippen LogP contribution >= 0.6 is 0 Å². The summed E-state index contributed by atoms with van der Waals surface area (Å²) >= 11 is 0. The molecule has 0 radical (unpaired) electrons. The Hall–Kier alpha value is -2.28. The van der Waals surface area contributed by atoms with Gasteiger partial charge < -0.3 is 25.2 Å². The van der Waals surface area contributed by atoms with Crippen molar-refractivity contribution in [3.8, 4) is 0 Å². The van der Waals surface area contributed by atoms with Crippen LogP contribution in [0.5, 0.6) is 0 Å². The van der Waals surface area contributed by atoms with Crippen LogP contribution in [0, 0.1) is 0 Å². The maximum atomic E-state index is 11.4. The number of amides is 2. The second kappa shape index (κ2) is 11.4. The molecule has 7 nitrogen and oxygen atoms in total. The molecule has 1 aromatic carbocycles. The molecular formula is C19H30N2O5. The van der Waals surface area contributed by atoms with Crippen molar-refractivity contribution >= 4 is 12.2 Å². The molecule has 1 aromatic rings. The fourth-order valence-electron chi connectivity index (χ4n) is 2.39. The molecule has 0 bridgehead atoms. The molecule has 1 heterocycles. The van der Waals surface area contributed by atoms with Crippen LogP contribution in [0.25, 0.3) is 0 Å². The Morgan fingerprint density at radius 3 is 2.46 bits per heavy atom. The number of carbonyl (C=O) groups is 2. The first kappa shape index (κ1) is 21.8. The van der Waals surface area contributed by atoms with Crippen LogP contribution in [0.1, 0.15) is 46.1 Å². The third kappa shape index (κ3) is 7.74. The molecule has 0 aliphatic carbocycles. The van der Waals surface area contributed by atoms with E-state index in [2.05, 4.69) is 10.6 Å². The van der Waals surface area contributed by atoms with Crippen molar-refractivity contribution < 1.29 is 24.2 Å². The van der Waals surface area contributed by atoms with E-state index in [-0.39, 0.29) is 30.9 Å². The van der Waals surface area contributed by atoms with Crippen LogP contribution in [0.2, 0.25) is 0 Å². The highest BCUT2D eigenvalue weighted by Crippen LogP contribution is 2.10. The molecule has 1 aliphatic rings. The summed E-state index contributed by atoms with van der Waals surface area (Å²) in [4.78, 5) is 21.9. The lowest BCUT2D eigenvalue weighted by Crippen LogP contribution is -2.41. The van der Waals surface area contributed by atoms with Crippen LogP contribution in [-0.2, 0) is 16.1 Å². The Kier molecular flexibility index (Phi) is 9.51. The quantitative estimate of drug-likeness (QED) is 0.719. The van der Waals surface area contributed by atoms with Crippen molar-refractivity contribution in [2.24, 2.45) is 0 Å². The zero-order chi connectivity index (χ0) is 19.5. The number of hydrogen-bond acceptors (Lipinski definition) is 5. The molecule has 2 rings (SSSR count). The minimum absolute atomic E-state index is 0.0810. The van der Waals surface area contributed by atoms with Gasteiger partial charge in [0.1, 0.15) is 12.7 Å². The number of aliphatic hydroxyl groups excluding tert-OH is 1. The molecule has 2 amide bonds. The number of rotatable bonds is 6. The Labute approximate surface area is 155 Å². The number of alkyl carbamates (subject to hydrolysis) is 2. The highest BCUT2D eigenvalue weighted by atomic mass is 16.6. The van der Waals surface area contributed by atoms with Gasteiger partial charge in [-0.1, -0.05) is 44.2 Å². The lowest BCUT2D eigenvalue weighted by atomic mass is 10.1. The molecule has 7 heteroatoms. The largest absolute Gasteiger partial charge is 0.445 e. The Bertz CT molecular complexity index is 552. The fourth-order valence-corrected chi connectivity index (χ4v) is 2.39. The van der Waals surface area contributed by atoms with E-state index in [1.807, 2.05) is 51.1 Å². The van der Waals surface area contributed by atoms with Crippen LogP contribution in [0.15, 0.2) is 30.3 Å². The van der Waals surface area contributed by atoms with Gasteiger partial charge in [0.05, 0.1) is 18.2 Å². The van der Waals surface area contributed by atoms with E-state index in [1.54, 1.807) is 6.92 Å². The van der Waals surface area contributed by atoms with Gasteiger partial charge in [-0.05, 0) is 32.3 Å². The fraction of sp³-hybridized carbons (Fsp3) is 0.579. The summed E-state index contributed by atoms with van der Waals surface area (Å²) in [6.45, 7) is 7.79. The lowest BCUT2D eigenvalue weighted by Gasteiger charge is -2.18. The normalized spacial score (nSPS) is 20.7. The smallest absolute Gasteiger partial charge is 0.407 e. The Morgan fingerprint density at radius 1 is 1.35 bits per heavy atom.